The van der Waals surface area contributed by atoms with Crippen molar-refractivity contribution in [2.75, 3.05) is 13.2 Å². The fourth-order valence-corrected chi connectivity index (χ4v) is 3.59. The molecular formula is C13H24BNO. The molecule has 90 valence electrons. The van der Waals surface area contributed by atoms with Crippen LogP contribution in [0.2, 0.25) is 6.32 Å². The Labute approximate surface area is 101 Å². The summed E-state index contributed by atoms with van der Waals surface area (Å²) in [7, 11) is 6.11. The zero-order valence-corrected chi connectivity index (χ0v) is 11.0. The van der Waals surface area contributed by atoms with Crippen molar-refractivity contribution >= 4 is 7.85 Å². The second-order valence-corrected chi connectivity index (χ2v) is 6.24. The minimum absolute atomic E-state index is 0.106. The van der Waals surface area contributed by atoms with Crippen molar-refractivity contribution in [2.24, 2.45) is 0 Å². The molecule has 2 aliphatic rings. The van der Waals surface area contributed by atoms with Crippen molar-refractivity contribution in [1.29, 1.82) is 0 Å². The highest BCUT2D eigenvalue weighted by atomic mass is 16.5. The van der Waals surface area contributed by atoms with Crippen molar-refractivity contribution in [3.63, 3.8) is 0 Å². The first-order valence-corrected chi connectivity index (χ1v) is 6.60. The van der Waals surface area contributed by atoms with Crippen LogP contribution in [0.15, 0.2) is 0 Å². The normalized spacial score (nSPS) is 37.1. The minimum atomic E-state index is 0.106. The molecular weight excluding hydrogens is 197 g/mol. The van der Waals surface area contributed by atoms with Crippen molar-refractivity contribution in [3.8, 4) is 0 Å². The summed E-state index contributed by atoms with van der Waals surface area (Å²) in [4.78, 5) is 2.62. The largest absolute Gasteiger partial charge is 0.376 e. The quantitative estimate of drug-likeness (QED) is 0.630. The molecule has 16 heavy (non-hydrogen) atoms. The fraction of sp³-hybridized carbons (Fsp3) is 1.00. The molecule has 0 bridgehead atoms. The van der Waals surface area contributed by atoms with Crippen LogP contribution in [0.3, 0.4) is 0 Å². The number of hydrogen-bond donors (Lipinski definition) is 0. The van der Waals surface area contributed by atoms with E-state index in [0.29, 0.717) is 6.10 Å². The Bertz CT molecular complexity index is 251. The summed E-state index contributed by atoms with van der Waals surface area (Å²) in [6.07, 6.45) is 5.87. The fourth-order valence-electron chi connectivity index (χ4n) is 3.59. The van der Waals surface area contributed by atoms with E-state index in [1.54, 1.807) is 0 Å². The van der Waals surface area contributed by atoms with E-state index >= 15 is 0 Å². The van der Waals surface area contributed by atoms with E-state index in [1.807, 2.05) is 0 Å². The SMILES string of the molecule is [B]C[C@]12CCCC1OCCCN2C(C)(C)C. The highest BCUT2D eigenvalue weighted by Crippen LogP contribution is 2.44. The number of fused-ring (bicyclic) bond motifs is 1. The maximum atomic E-state index is 6.11. The van der Waals surface area contributed by atoms with Crippen LogP contribution in [0, 0.1) is 0 Å². The average Bonchev–Trinajstić information content (AvgIpc) is 2.52. The Morgan fingerprint density at radius 1 is 1.38 bits per heavy atom. The van der Waals surface area contributed by atoms with Gasteiger partial charge in [0.2, 0.25) is 0 Å². The number of ether oxygens (including phenoxy) is 1. The number of rotatable bonds is 1. The molecule has 1 aliphatic carbocycles. The summed E-state index contributed by atoms with van der Waals surface area (Å²) in [5.74, 6) is 0. The Morgan fingerprint density at radius 2 is 2.12 bits per heavy atom. The highest BCUT2D eigenvalue weighted by molar-refractivity contribution is 6.09. The Hall–Kier alpha value is -0.0151. The van der Waals surface area contributed by atoms with Gasteiger partial charge in [-0.25, -0.2) is 0 Å². The van der Waals surface area contributed by atoms with Crippen LogP contribution in [0.25, 0.3) is 0 Å². The lowest BCUT2D eigenvalue weighted by Crippen LogP contribution is -2.60. The standard InChI is InChI=1S/C13H24BNO/c1-12(2,3)15-8-5-9-16-11-6-4-7-13(11,15)10-14/h11H,4-10H2,1-3H3/t11?,13-/m1/s1. The molecule has 2 atom stereocenters. The molecule has 2 rings (SSSR count). The van der Waals surface area contributed by atoms with Crippen molar-refractivity contribution in [3.05, 3.63) is 0 Å². The zero-order valence-electron chi connectivity index (χ0n) is 11.0. The smallest absolute Gasteiger partial charge is 0.0751 e. The van der Waals surface area contributed by atoms with Gasteiger partial charge in [-0.1, -0.05) is 6.32 Å². The van der Waals surface area contributed by atoms with E-state index in [9.17, 15) is 0 Å². The lowest BCUT2D eigenvalue weighted by molar-refractivity contribution is -0.0498. The van der Waals surface area contributed by atoms with Crippen LogP contribution in [0.4, 0.5) is 0 Å². The topological polar surface area (TPSA) is 12.5 Å². The molecule has 3 heteroatoms. The number of nitrogens with zero attached hydrogens (tertiary/aromatic N) is 1. The van der Waals surface area contributed by atoms with Crippen LogP contribution in [0.5, 0.6) is 0 Å². The predicted molar refractivity (Wildman–Crippen MR) is 68.0 cm³/mol. The first-order chi connectivity index (χ1) is 7.50. The summed E-state index contributed by atoms with van der Waals surface area (Å²) in [6.45, 7) is 8.91. The van der Waals surface area contributed by atoms with Gasteiger partial charge in [-0.05, 0) is 46.5 Å². The van der Waals surface area contributed by atoms with E-state index in [-0.39, 0.29) is 11.1 Å². The monoisotopic (exact) mass is 221 g/mol. The van der Waals surface area contributed by atoms with E-state index in [1.165, 1.54) is 19.3 Å². The second kappa shape index (κ2) is 4.34. The van der Waals surface area contributed by atoms with Gasteiger partial charge in [0, 0.05) is 24.2 Å². The summed E-state index contributed by atoms with van der Waals surface area (Å²) in [5, 5.41) is 0. The molecule has 0 amide bonds. The van der Waals surface area contributed by atoms with Gasteiger partial charge in [-0.15, -0.1) is 0 Å². The van der Waals surface area contributed by atoms with Gasteiger partial charge in [-0.3, -0.25) is 4.90 Å². The molecule has 1 saturated carbocycles. The van der Waals surface area contributed by atoms with Crippen LogP contribution in [-0.2, 0) is 4.74 Å². The first-order valence-electron chi connectivity index (χ1n) is 6.60. The lowest BCUT2D eigenvalue weighted by atomic mass is 9.77. The minimum Gasteiger partial charge on any atom is -0.376 e. The van der Waals surface area contributed by atoms with Gasteiger partial charge in [0.1, 0.15) is 0 Å². The van der Waals surface area contributed by atoms with Crippen LogP contribution < -0.4 is 0 Å². The Kier molecular flexibility index (Phi) is 3.38. The summed E-state index contributed by atoms with van der Waals surface area (Å²) >= 11 is 0. The van der Waals surface area contributed by atoms with E-state index in [2.05, 4.69) is 25.7 Å². The van der Waals surface area contributed by atoms with E-state index in [0.717, 1.165) is 25.9 Å². The molecule has 0 aromatic carbocycles. The van der Waals surface area contributed by atoms with Gasteiger partial charge in [-0.2, -0.15) is 0 Å². The molecule has 0 spiro atoms. The van der Waals surface area contributed by atoms with E-state index in [4.69, 9.17) is 12.6 Å². The Morgan fingerprint density at radius 3 is 2.75 bits per heavy atom. The molecule has 2 radical (unpaired) electrons. The number of hydrogen-bond acceptors (Lipinski definition) is 2. The van der Waals surface area contributed by atoms with Crippen molar-refractivity contribution < 1.29 is 4.74 Å². The van der Waals surface area contributed by atoms with Gasteiger partial charge < -0.3 is 4.74 Å². The van der Waals surface area contributed by atoms with Crippen molar-refractivity contribution in [2.45, 2.75) is 70.0 Å². The van der Waals surface area contributed by atoms with Gasteiger partial charge in [0.05, 0.1) is 14.0 Å². The third-order valence-electron chi connectivity index (χ3n) is 4.22. The third kappa shape index (κ3) is 1.93. The highest BCUT2D eigenvalue weighted by Gasteiger charge is 2.50. The third-order valence-corrected chi connectivity index (χ3v) is 4.22. The molecule has 2 fully saturated rings. The summed E-state index contributed by atoms with van der Waals surface area (Å²) < 4.78 is 6.02. The van der Waals surface area contributed by atoms with Crippen molar-refractivity contribution in [1.82, 2.24) is 4.90 Å². The van der Waals surface area contributed by atoms with Gasteiger partial charge in [0.15, 0.2) is 0 Å². The average molecular weight is 221 g/mol. The molecule has 1 saturated heterocycles. The van der Waals surface area contributed by atoms with Gasteiger partial charge >= 0.3 is 0 Å². The lowest BCUT2D eigenvalue weighted by Gasteiger charge is -2.50. The first kappa shape index (κ1) is 12.4. The maximum Gasteiger partial charge on any atom is 0.0751 e. The van der Waals surface area contributed by atoms with Crippen LogP contribution >= 0.6 is 0 Å². The van der Waals surface area contributed by atoms with Gasteiger partial charge in [0.25, 0.3) is 0 Å². The summed E-state index contributed by atoms with van der Waals surface area (Å²) in [6, 6.07) is 0. The zero-order chi connectivity index (χ0) is 11.8. The molecule has 1 heterocycles. The molecule has 1 aliphatic heterocycles. The molecule has 2 nitrogen and oxygen atoms in total. The van der Waals surface area contributed by atoms with Crippen LogP contribution in [-0.4, -0.2) is 43.1 Å². The Balaban J connectivity index is 2.32. The maximum absolute atomic E-state index is 6.11. The molecule has 0 N–H and O–H groups in total. The summed E-state index contributed by atoms with van der Waals surface area (Å²) in [5.41, 5.74) is 0.296. The molecule has 0 aromatic heterocycles. The van der Waals surface area contributed by atoms with Crippen LogP contribution in [0.1, 0.15) is 46.5 Å². The predicted octanol–water partition coefficient (Wildman–Crippen LogP) is 2.39. The molecule has 1 unspecified atom stereocenters. The second-order valence-electron chi connectivity index (χ2n) is 6.24. The van der Waals surface area contributed by atoms with E-state index < -0.39 is 0 Å². The molecule has 0 aromatic rings.